The van der Waals surface area contributed by atoms with E-state index in [2.05, 4.69) is 5.32 Å². The van der Waals surface area contributed by atoms with Gasteiger partial charge in [0.1, 0.15) is 5.75 Å². The topological polar surface area (TPSA) is 58.6 Å². The van der Waals surface area contributed by atoms with E-state index in [0.29, 0.717) is 0 Å². The molecule has 23 heavy (non-hydrogen) atoms. The van der Waals surface area contributed by atoms with Crippen LogP contribution in [0, 0.1) is 11.6 Å². The van der Waals surface area contributed by atoms with Gasteiger partial charge in [0.05, 0.1) is 12.6 Å². The van der Waals surface area contributed by atoms with Crippen LogP contribution in [0.15, 0.2) is 48.5 Å². The van der Waals surface area contributed by atoms with E-state index < -0.39 is 29.7 Å². The molecule has 2 rings (SSSR count). The number of nitrogens with one attached hydrogen (secondary N) is 1. The van der Waals surface area contributed by atoms with Gasteiger partial charge in [0.15, 0.2) is 17.7 Å². The number of ether oxygens (including phenoxy) is 1. The quantitative estimate of drug-likeness (QED) is 0.860. The van der Waals surface area contributed by atoms with Crippen LogP contribution in [0.1, 0.15) is 18.5 Å². The molecule has 0 aromatic heterocycles. The Kier molecular flexibility index (Phi) is 5.65. The number of carbonyl (C=O) groups excluding carboxylic acids is 1. The number of hydrogen-bond donors (Lipinski definition) is 2. The third kappa shape index (κ3) is 4.50. The second-order valence-corrected chi connectivity index (χ2v) is 4.99. The molecule has 4 nitrogen and oxygen atoms in total. The molecule has 2 atom stereocenters. The molecule has 0 bridgehead atoms. The lowest BCUT2D eigenvalue weighted by molar-refractivity contribution is -0.128. The van der Waals surface area contributed by atoms with Crippen LogP contribution in [0.25, 0.3) is 0 Å². The van der Waals surface area contributed by atoms with Gasteiger partial charge < -0.3 is 15.2 Å². The standard InChI is InChI=1S/C17H17F2NO3/c1-11(23-13-7-8-14(18)15(19)9-13)17(22)20-16(10-21)12-5-3-2-4-6-12/h2-9,11,16,21H,10H2,1H3,(H,20,22). The second-order valence-electron chi connectivity index (χ2n) is 4.99. The maximum atomic E-state index is 13.1. The third-order valence-electron chi connectivity index (χ3n) is 3.27. The van der Waals surface area contributed by atoms with Crippen molar-refractivity contribution in [1.82, 2.24) is 5.32 Å². The largest absolute Gasteiger partial charge is 0.481 e. The Hall–Kier alpha value is -2.47. The van der Waals surface area contributed by atoms with Gasteiger partial charge in [-0.2, -0.15) is 0 Å². The lowest BCUT2D eigenvalue weighted by atomic mass is 10.1. The fraction of sp³-hybridized carbons (Fsp3) is 0.235. The van der Waals surface area contributed by atoms with E-state index in [-0.39, 0.29) is 12.4 Å². The molecule has 2 N–H and O–H groups in total. The van der Waals surface area contributed by atoms with Gasteiger partial charge in [-0.25, -0.2) is 8.78 Å². The monoisotopic (exact) mass is 321 g/mol. The molecule has 2 aromatic rings. The summed E-state index contributed by atoms with van der Waals surface area (Å²) >= 11 is 0. The van der Waals surface area contributed by atoms with Gasteiger partial charge >= 0.3 is 0 Å². The zero-order valence-corrected chi connectivity index (χ0v) is 12.5. The van der Waals surface area contributed by atoms with Crippen molar-refractivity contribution < 1.29 is 23.4 Å². The summed E-state index contributed by atoms with van der Waals surface area (Å²) in [5.41, 5.74) is 0.753. The Morgan fingerprint density at radius 2 is 1.87 bits per heavy atom. The van der Waals surface area contributed by atoms with Crippen LogP contribution in [-0.4, -0.2) is 23.7 Å². The Morgan fingerprint density at radius 1 is 1.17 bits per heavy atom. The molecule has 0 radical (unpaired) electrons. The Balaban J connectivity index is 2.00. The Labute approximate surface area is 132 Å². The van der Waals surface area contributed by atoms with Crippen LogP contribution in [-0.2, 0) is 4.79 Å². The van der Waals surface area contributed by atoms with E-state index in [1.165, 1.54) is 13.0 Å². The Bertz CT molecular complexity index is 664. The molecule has 1 amide bonds. The van der Waals surface area contributed by atoms with Crippen molar-refractivity contribution in [2.75, 3.05) is 6.61 Å². The summed E-state index contributed by atoms with van der Waals surface area (Å²) in [6.45, 7) is 1.21. The number of benzene rings is 2. The van der Waals surface area contributed by atoms with Crippen molar-refractivity contribution in [3.8, 4) is 5.75 Å². The molecule has 2 aromatic carbocycles. The van der Waals surface area contributed by atoms with Gasteiger partial charge in [-0.15, -0.1) is 0 Å². The van der Waals surface area contributed by atoms with E-state index >= 15 is 0 Å². The van der Waals surface area contributed by atoms with E-state index in [1.54, 1.807) is 24.3 Å². The molecule has 0 aliphatic rings. The minimum Gasteiger partial charge on any atom is -0.481 e. The minimum absolute atomic E-state index is 0.0480. The lowest BCUT2D eigenvalue weighted by Gasteiger charge is -2.20. The molecular weight excluding hydrogens is 304 g/mol. The Morgan fingerprint density at radius 3 is 2.48 bits per heavy atom. The number of halogens is 2. The normalized spacial score (nSPS) is 13.2. The average molecular weight is 321 g/mol. The van der Waals surface area contributed by atoms with Crippen molar-refractivity contribution in [2.45, 2.75) is 19.1 Å². The maximum absolute atomic E-state index is 13.1. The summed E-state index contributed by atoms with van der Waals surface area (Å²) < 4.78 is 31.3. The number of rotatable bonds is 6. The van der Waals surface area contributed by atoms with Crippen molar-refractivity contribution >= 4 is 5.91 Å². The first kappa shape index (κ1) is 16.9. The zero-order chi connectivity index (χ0) is 16.8. The molecule has 6 heteroatoms. The molecule has 0 saturated heterocycles. The fourth-order valence-corrected chi connectivity index (χ4v) is 2.02. The van der Waals surface area contributed by atoms with E-state index in [9.17, 15) is 18.7 Å². The van der Waals surface area contributed by atoms with E-state index in [1.807, 2.05) is 6.07 Å². The van der Waals surface area contributed by atoms with Crippen LogP contribution in [0.4, 0.5) is 8.78 Å². The first-order valence-electron chi connectivity index (χ1n) is 7.09. The van der Waals surface area contributed by atoms with Gasteiger partial charge in [-0.3, -0.25) is 4.79 Å². The van der Waals surface area contributed by atoms with E-state index in [4.69, 9.17) is 4.74 Å². The molecule has 0 spiro atoms. The molecule has 2 unspecified atom stereocenters. The van der Waals surface area contributed by atoms with Gasteiger partial charge in [-0.1, -0.05) is 30.3 Å². The summed E-state index contributed by atoms with van der Waals surface area (Å²) in [5, 5.41) is 12.1. The van der Waals surface area contributed by atoms with Crippen molar-refractivity contribution in [3.05, 3.63) is 65.7 Å². The number of aliphatic hydroxyl groups excluding tert-OH is 1. The van der Waals surface area contributed by atoms with E-state index in [0.717, 1.165) is 17.7 Å². The van der Waals surface area contributed by atoms with Crippen molar-refractivity contribution in [2.24, 2.45) is 0 Å². The number of aliphatic hydroxyl groups is 1. The molecule has 0 aliphatic carbocycles. The number of hydrogen-bond acceptors (Lipinski definition) is 3. The van der Waals surface area contributed by atoms with Crippen LogP contribution >= 0.6 is 0 Å². The predicted octanol–water partition coefficient (Wildman–Crippen LogP) is 2.58. The molecule has 0 fully saturated rings. The highest BCUT2D eigenvalue weighted by atomic mass is 19.2. The van der Waals surface area contributed by atoms with Crippen molar-refractivity contribution in [3.63, 3.8) is 0 Å². The molecule has 0 saturated carbocycles. The number of carbonyl (C=O) groups is 1. The smallest absolute Gasteiger partial charge is 0.261 e. The summed E-state index contributed by atoms with van der Waals surface area (Å²) in [7, 11) is 0. The fourth-order valence-electron chi connectivity index (χ4n) is 2.02. The summed E-state index contributed by atoms with van der Waals surface area (Å²) in [6, 6.07) is 11.5. The third-order valence-corrected chi connectivity index (χ3v) is 3.27. The molecule has 122 valence electrons. The summed E-state index contributed by atoms with van der Waals surface area (Å²) in [4.78, 5) is 12.1. The highest BCUT2D eigenvalue weighted by Gasteiger charge is 2.20. The maximum Gasteiger partial charge on any atom is 0.261 e. The van der Waals surface area contributed by atoms with Gasteiger partial charge in [0, 0.05) is 6.07 Å². The average Bonchev–Trinajstić information content (AvgIpc) is 2.56. The van der Waals surface area contributed by atoms with Crippen LogP contribution in [0.5, 0.6) is 5.75 Å². The van der Waals surface area contributed by atoms with Gasteiger partial charge in [0.2, 0.25) is 0 Å². The first-order chi connectivity index (χ1) is 11.0. The molecular formula is C17H17F2NO3. The van der Waals surface area contributed by atoms with Crippen LogP contribution in [0.3, 0.4) is 0 Å². The zero-order valence-electron chi connectivity index (χ0n) is 12.5. The highest BCUT2D eigenvalue weighted by Crippen LogP contribution is 2.17. The lowest BCUT2D eigenvalue weighted by Crippen LogP contribution is -2.39. The van der Waals surface area contributed by atoms with Crippen LogP contribution in [0.2, 0.25) is 0 Å². The van der Waals surface area contributed by atoms with Crippen LogP contribution < -0.4 is 10.1 Å². The molecule has 0 aliphatic heterocycles. The summed E-state index contributed by atoms with van der Waals surface area (Å²) in [6.07, 6.45) is -0.933. The van der Waals surface area contributed by atoms with Crippen molar-refractivity contribution in [1.29, 1.82) is 0 Å². The first-order valence-corrected chi connectivity index (χ1v) is 7.09. The number of amides is 1. The second kappa shape index (κ2) is 7.69. The predicted molar refractivity (Wildman–Crippen MR) is 80.9 cm³/mol. The summed E-state index contributed by atoms with van der Waals surface area (Å²) in [5.74, 6) is -2.46. The highest BCUT2D eigenvalue weighted by molar-refractivity contribution is 5.81. The molecule has 0 heterocycles. The van der Waals surface area contributed by atoms with Gasteiger partial charge in [0.25, 0.3) is 5.91 Å². The minimum atomic E-state index is -1.05. The SMILES string of the molecule is CC(Oc1ccc(F)c(F)c1)C(=O)NC(CO)c1ccccc1. The van der Waals surface area contributed by atoms with Gasteiger partial charge in [-0.05, 0) is 24.6 Å².